The number of nitrogens with one attached hydrogen (secondary N) is 2. The molecule has 0 bridgehead atoms. The van der Waals surface area contributed by atoms with E-state index in [9.17, 15) is 4.79 Å². The van der Waals surface area contributed by atoms with Crippen molar-refractivity contribution in [1.29, 1.82) is 0 Å². The first-order valence-electron chi connectivity index (χ1n) is 9.40. The summed E-state index contributed by atoms with van der Waals surface area (Å²) in [7, 11) is 0. The Morgan fingerprint density at radius 2 is 1.85 bits per heavy atom. The minimum atomic E-state index is -0.270. The summed E-state index contributed by atoms with van der Waals surface area (Å²) in [4.78, 5) is 12.4. The first-order chi connectivity index (χ1) is 12.7. The lowest BCUT2D eigenvalue weighted by molar-refractivity contribution is -0.131. The van der Waals surface area contributed by atoms with E-state index in [1.807, 2.05) is 37.3 Å². The molecule has 3 rings (SSSR count). The fourth-order valence-corrected chi connectivity index (χ4v) is 3.28. The molecule has 1 saturated heterocycles. The molecule has 2 aromatic rings. The predicted molar refractivity (Wildman–Crippen MR) is 111 cm³/mol. The van der Waals surface area contributed by atoms with Gasteiger partial charge in [0.15, 0.2) is 0 Å². The van der Waals surface area contributed by atoms with Crippen molar-refractivity contribution >= 4 is 18.3 Å². The van der Waals surface area contributed by atoms with E-state index in [0.717, 1.165) is 43.7 Å². The lowest BCUT2D eigenvalue weighted by atomic mass is 9.82. The van der Waals surface area contributed by atoms with Crippen LogP contribution in [0.2, 0.25) is 0 Å². The molecule has 0 spiro atoms. The van der Waals surface area contributed by atoms with Gasteiger partial charge >= 0.3 is 0 Å². The first-order valence-corrected chi connectivity index (χ1v) is 9.40. The van der Waals surface area contributed by atoms with Crippen molar-refractivity contribution in [1.82, 2.24) is 10.6 Å². The number of ether oxygens (including phenoxy) is 1. The van der Waals surface area contributed by atoms with Gasteiger partial charge in [-0.3, -0.25) is 4.79 Å². The van der Waals surface area contributed by atoms with Crippen LogP contribution in [-0.2, 0) is 17.8 Å². The van der Waals surface area contributed by atoms with Crippen molar-refractivity contribution in [2.45, 2.75) is 32.8 Å². The quantitative estimate of drug-likeness (QED) is 0.759. The van der Waals surface area contributed by atoms with Gasteiger partial charge in [0.2, 0.25) is 5.91 Å². The van der Waals surface area contributed by atoms with Gasteiger partial charge in [-0.15, -0.1) is 12.4 Å². The molecule has 1 aliphatic heterocycles. The van der Waals surface area contributed by atoms with E-state index in [2.05, 4.69) is 34.9 Å². The molecule has 1 amide bonds. The summed E-state index contributed by atoms with van der Waals surface area (Å²) >= 11 is 0. The summed E-state index contributed by atoms with van der Waals surface area (Å²) < 4.78 is 5.81. The minimum Gasteiger partial charge on any atom is -0.489 e. The maximum Gasteiger partial charge on any atom is 0.227 e. The SMILES string of the molecule is CC1(C(=O)NCCc2ccc(OCc3ccccc3)cc2)CCCNC1.Cl. The molecule has 1 atom stereocenters. The lowest BCUT2D eigenvalue weighted by Crippen LogP contribution is -2.49. The summed E-state index contributed by atoms with van der Waals surface area (Å²) in [6.07, 6.45) is 2.85. The Bertz CT molecular complexity index is 698. The van der Waals surface area contributed by atoms with Gasteiger partial charge in [0.25, 0.3) is 0 Å². The van der Waals surface area contributed by atoms with Crippen LogP contribution in [0.25, 0.3) is 0 Å². The average molecular weight is 389 g/mol. The molecule has 1 aliphatic rings. The van der Waals surface area contributed by atoms with Crippen molar-refractivity contribution in [3.63, 3.8) is 0 Å². The van der Waals surface area contributed by atoms with E-state index in [1.165, 1.54) is 5.56 Å². The number of carbonyl (C=O) groups excluding carboxylic acids is 1. The highest BCUT2D eigenvalue weighted by molar-refractivity contribution is 5.85. The molecule has 0 aromatic heterocycles. The van der Waals surface area contributed by atoms with Crippen LogP contribution in [0.15, 0.2) is 54.6 Å². The molecule has 1 unspecified atom stereocenters. The van der Waals surface area contributed by atoms with Crippen molar-refractivity contribution in [2.24, 2.45) is 5.41 Å². The van der Waals surface area contributed by atoms with Gasteiger partial charge in [0.05, 0.1) is 5.41 Å². The highest BCUT2D eigenvalue weighted by Crippen LogP contribution is 2.25. The third-order valence-corrected chi connectivity index (χ3v) is 5.02. The van der Waals surface area contributed by atoms with Crippen molar-refractivity contribution in [3.8, 4) is 5.75 Å². The van der Waals surface area contributed by atoms with E-state index in [1.54, 1.807) is 0 Å². The number of benzene rings is 2. The monoisotopic (exact) mass is 388 g/mol. The molecular weight excluding hydrogens is 360 g/mol. The topological polar surface area (TPSA) is 50.4 Å². The maximum atomic E-state index is 12.4. The molecular formula is C22H29ClN2O2. The molecule has 5 heteroatoms. The van der Waals surface area contributed by atoms with E-state index in [-0.39, 0.29) is 23.7 Å². The van der Waals surface area contributed by atoms with Crippen LogP contribution < -0.4 is 15.4 Å². The molecule has 27 heavy (non-hydrogen) atoms. The highest BCUT2D eigenvalue weighted by atomic mass is 35.5. The van der Waals surface area contributed by atoms with Crippen LogP contribution in [0.5, 0.6) is 5.75 Å². The fraction of sp³-hybridized carbons (Fsp3) is 0.409. The molecule has 0 radical (unpaired) electrons. The minimum absolute atomic E-state index is 0. The summed E-state index contributed by atoms with van der Waals surface area (Å²) in [6, 6.07) is 18.3. The molecule has 2 N–H and O–H groups in total. The van der Waals surface area contributed by atoms with Gasteiger partial charge in [0, 0.05) is 13.1 Å². The fourth-order valence-electron chi connectivity index (χ4n) is 3.28. The lowest BCUT2D eigenvalue weighted by Gasteiger charge is -2.32. The van der Waals surface area contributed by atoms with E-state index in [4.69, 9.17) is 4.74 Å². The zero-order chi connectivity index (χ0) is 18.2. The van der Waals surface area contributed by atoms with Crippen LogP contribution in [-0.4, -0.2) is 25.5 Å². The van der Waals surface area contributed by atoms with Crippen LogP contribution >= 0.6 is 12.4 Å². The number of hydrogen-bond acceptors (Lipinski definition) is 3. The summed E-state index contributed by atoms with van der Waals surface area (Å²) in [5, 5.41) is 6.41. The van der Waals surface area contributed by atoms with Crippen LogP contribution in [0, 0.1) is 5.41 Å². The molecule has 0 saturated carbocycles. The van der Waals surface area contributed by atoms with Crippen LogP contribution in [0.3, 0.4) is 0 Å². The zero-order valence-corrected chi connectivity index (χ0v) is 16.7. The van der Waals surface area contributed by atoms with Gasteiger partial charge in [-0.2, -0.15) is 0 Å². The Kier molecular flexibility index (Phi) is 8.14. The number of rotatable bonds is 7. The third-order valence-electron chi connectivity index (χ3n) is 5.02. The van der Waals surface area contributed by atoms with E-state index in [0.29, 0.717) is 13.2 Å². The van der Waals surface area contributed by atoms with Gasteiger partial charge < -0.3 is 15.4 Å². The second-order valence-corrected chi connectivity index (χ2v) is 7.27. The Balaban J connectivity index is 0.00000261. The number of halogens is 1. The number of hydrogen-bond donors (Lipinski definition) is 2. The van der Waals surface area contributed by atoms with Gasteiger partial charge in [-0.1, -0.05) is 42.5 Å². The zero-order valence-electron chi connectivity index (χ0n) is 15.9. The van der Waals surface area contributed by atoms with Gasteiger partial charge in [-0.25, -0.2) is 0 Å². The molecule has 146 valence electrons. The molecule has 1 fully saturated rings. The molecule has 0 aliphatic carbocycles. The average Bonchev–Trinajstić information content (AvgIpc) is 2.68. The van der Waals surface area contributed by atoms with Crippen molar-refractivity contribution in [3.05, 3.63) is 65.7 Å². The van der Waals surface area contributed by atoms with Crippen LogP contribution in [0.1, 0.15) is 30.9 Å². The number of piperidine rings is 1. The van der Waals surface area contributed by atoms with Crippen molar-refractivity contribution < 1.29 is 9.53 Å². The van der Waals surface area contributed by atoms with Crippen LogP contribution in [0.4, 0.5) is 0 Å². The molecule has 4 nitrogen and oxygen atoms in total. The maximum absolute atomic E-state index is 12.4. The smallest absolute Gasteiger partial charge is 0.227 e. The number of carbonyl (C=O) groups is 1. The molecule has 1 heterocycles. The second kappa shape index (κ2) is 10.3. The Hall–Kier alpha value is -2.04. The highest BCUT2D eigenvalue weighted by Gasteiger charge is 2.34. The summed E-state index contributed by atoms with van der Waals surface area (Å²) in [5.41, 5.74) is 2.09. The summed E-state index contributed by atoms with van der Waals surface area (Å²) in [6.45, 7) is 5.07. The first kappa shape index (κ1) is 21.3. The third kappa shape index (κ3) is 6.26. The molecule has 2 aromatic carbocycles. The normalized spacial score (nSPS) is 19.0. The van der Waals surface area contributed by atoms with Gasteiger partial charge in [-0.05, 0) is 56.0 Å². The van der Waals surface area contributed by atoms with Crippen molar-refractivity contribution in [2.75, 3.05) is 19.6 Å². The Morgan fingerprint density at radius 1 is 1.11 bits per heavy atom. The standard InChI is InChI=1S/C22H28N2O2.ClH/c1-22(13-5-14-23-17-22)21(25)24-15-12-18-8-10-20(11-9-18)26-16-19-6-3-2-4-7-19;/h2-4,6-11,23H,5,12-17H2,1H3,(H,24,25);1H. The predicted octanol–water partition coefficient (Wildman–Crippen LogP) is 3.74. The number of amides is 1. The summed E-state index contributed by atoms with van der Waals surface area (Å²) in [5.74, 6) is 1.02. The second-order valence-electron chi connectivity index (χ2n) is 7.27. The van der Waals surface area contributed by atoms with E-state index >= 15 is 0 Å². The van der Waals surface area contributed by atoms with E-state index < -0.39 is 0 Å². The Labute approximate surface area is 168 Å². The largest absolute Gasteiger partial charge is 0.489 e. The Morgan fingerprint density at radius 3 is 2.52 bits per heavy atom. The van der Waals surface area contributed by atoms with Gasteiger partial charge in [0.1, 0.15) is 12.4 Å².